The SMILES string of the molecule is Cc1cccc(OCC(=O)Nc2nnc(SCc3ccccc3Cl)s2)c1. The first-order chi connectivity index (χ1) is 12.6. The number of carbonyl (C=O) groups is 1. The summed E-state index contributed by atoms with van der Waals surface area (Å²) >= 11 is 8.99. The Balaban J connectivity index is 1.48. The Kier molecular flexibility index (Phi) is 6.49. The van der Waals surface area contributed by atoms with Crippen LogP contribution in [0.3, 0.4) is 0 Å². The second-order valence-electron chi connectivity index (χ2n) is 5.41. The molecular formula is C18H16ClN3O2S2. The van der Waals surface area contributed by atoms with Crippen molar-refractivity contribution in [2.75, 3.05) is 11.9 Å². The van der Waals surface area contributed by atoms with E-state index in [9.17, 15) is 4.79 Å². The van der Waals surface area contributed by atoms with E-state index in [1.54, 1.807) is 0 Å². The van der Waals surface area contributed by atoms with Crippen LogP contribution in [-0.4, -0.2) is 22.7 Å². The van der Waals surface area contributed by atoms with E-state index in [0.717, 1.165) is 20.5 Å². The van der Waals surface area contributed by atoms with E-state index in [0.29, 0.717) is 16.6 Å². The number of nitrogens with one attached hydrogen (secondary N) is 1. The monoisotopic (exact) mass is 405 g/mol. The Labute approximate surface area is 164 Å². The predicted octanol–water partition coefficient (Wildman–Crippen LogP) is 4.81. The van der Waals surface area contributed by atoms with Crippen molar-refractivity contribution in [1.82, 2.24) is 10.2 Å². The molecule has 0 radical (unpaired) electrons. The summed E-state index contributed by atoms with van der Waals surface area (Å²) < 4.78 is 6.23. The molecule has 3 aromatic rings. The minimum absolute atomic E-state index is 0.0782. The third-order valence-corrected chi connectivity index (χ3v) is 5.71. The van der Waals surface area contributed by atoms with Crippen molar-refractivity contribution in [3.8, 4) is 5.75 Å². The van der Waals surface area contributed by atoms with Gasteiger partial charge in [0, 0.05) is 10.8 Å². The van der Waals surface area contributed by atoms with Gasteiger partial charge in [-0.2, -0.15) is 0 Å². The van der Waals surface area contributed by atoms with Gasteiger partial charge in [0.25, 0.3) is 5.91 Å². The highest BCUT2D eigenvalue weighted by Crippen LogP contribution is 2.30. The maximum Gasteiger partial charge on any atom is 0.264 e. The van der Waals surface area contributed by atoms with Crippen molar-refractivity contribution in [2.45, 2.75) is 17.0 Å². The number of amides is 1. The van der Waals surface area contributed by atoms with E-state index in [2.05, 4.69) is 15.5 Å². The highest BCUT2D eigenvalue weighted by molar-refractivity contribution is 8.00. The smallest absolute Gasteiger partial charge is 0.264 e. The molecule has 1 N–H and O–H groups in total. The topological polar surface area (TPSA) is 64.1 Å². The molecular weight excluding hydrogens is 390 g/mol. The van der Waals surface area contributed by atoms with Crippen LogP contribution in [0.15, 0.2) is 52.9 Å². The molecule has 5 nitrogen and oxygen atoms in total. The summed E-state index contributed by atoms with van der Waals surface area (Å²) in [5.74, 6) is 1.08. The molecule has 0 bridgehead atoms. The predicted molar refractivity (Wildman–Crippen MR) is 106 cm³/mol. The fourth-order valence-electron chi connectivity index (χ4n) is 2.08. The van der Waals surface area contributed by atoms with Crippen LogP contribution in [0.4, 0.5) is 5.13 Å². The van der Waals surface area contributed by atoms with Crippen LogP contribution in [0, 0.1) is 6.92 Å². The number of anilines is 1. The standard InChI is InChI=1S/C18H16ClN3O2S2/c1-12-5-4-7-14(9-12)24-10-16(23)20-17-21-22-18(26-17)25-11-13-6-2-3-8-15(13)19/h2-9H,10-11H2,1H3,(H,20,21,23). The van der Waals surface area contributed by atoms with E-state index in [1.807, 2.05) is 55.5 Å². The Morgan fingerprint density at radius 2 is 2.08 bits per heavy atom. The van der Waals surface area contributed by atoms with Gasteiger partial charge in [-0.1, -0.05) is 65.0 Å². The molecule has 0 saturated heterocycles. The molecule has 0 spiro atoms. The molecule has 3 rings (SSSR count). The van der Waals surface area contributed by atoms with E-state index in [-0.39, 0.29) is 12.5 Å². The molecule has 0 aliphatic carbocycles. The summed E-state index contributed by atoms with van der Waals surface area (Å²) in [5, 5.41) is 11.9. The van der Waals surface area contributed by atoms with Gasteiger partial charge >= 0.3 is 0 Å². The minimum Gasteiger partial charge on any atom is -0.484 e. The zero-order valence-electron chi connectivity index (χ0n) is 13.9. The normalized spacial score (nSPS) is 10.5. The molecule has 0 fully saturated rings. The number of halogens is 1. The van der Waals surface area contributed by atoms with Crippen molar-refractivity contribution in [3.63, 3.8) is 0 Å². The van der Waals surface area contributed by atoms with Gasteiger partial charge in [-0.05, 0) is 36.2 Å². The van der Waals surface area contributed by atoms with Crippen molar-refractivity contribution in [2.24, 2.45) is 0 Å². The molecule has 0 saturated carbocycles. The zero-order chi connectivity index (χ0) is 18.4. The van der Waals surface area contributed by atoms with Crippen molar-refractivity contribution in [1.29, 1.82) is 0 Å². The van der Waals surface area contributed by atoms with Crippen molar-refractivity contribution >= 4 is 45.7 Å². The molecule has 134 valence electrons. The summed E-state index contributed by atoms with van der Waals surface area (Å²) in [7, 11) is 0. The maximum atomic E-state index is 12.0. The summed E-state index contributed by atoms with van der Waals surface area (Å²) in [5.41, 5.74) is 2.11. The lowest BCUT2D eigenvalue weighted by Crippen LogP contribution is -2.20. The van der Waals surface area contributed by atoms with Gasteiger partial charge in [0.05, 0.1) is 0 Å². The van der Waals surface area contributed by atoms with Gasteiger partial charge in [-0.3, -0.25) is 10.1 Å². The lowest BCUT2D eigenvalue weighted by Gasteiger charge is -2.06. The van der Waals surface area contributed by atoms with Gasteiger partial charge in [-0.15, -0.1) is 10.2 Å². The molecule has 1 heterocycles. The minimum atomic E-state index is -0.273. The first kappa shape index (κ1) is 18.7. The van der Waals surface area contributed by atoms with Crippen LogP contribution >= 0.6 is 34.7 Å². The Bertz CT molecular complexity index is 901. The van der Waals surface area contributed by atoms with Gasteiger partial charge in [0.1, 0.15) is 5.75 Å². The second kappa shape index (κ2) is 9.02. The molecule has 0 unspecified atom stereocenters. The van der Waals surface area contributed by atoms with E-state index >= 15 is 0 Å². The molecule has 0 aliphatic rings. The number of hydrogen-bond acceptors (Lipinski definition) is 6. The Hall–Kier alpha value is -2.09. The lowest BCUT2D eigenvalue weighted by atomic mass is 10.2. The number of nitrogens with zero attached hydrogens (tertiary/aromatic N) is 2. The van der Waals surface area contributed by atoms with Gasteiger partial charge in [0.15, 0.2) is 10.9 Å². The molecule has 1 aromatic heterocycles. The molecule has 0 aliphatic heterocycles. The van der Waals surface area contributed by atoms with Crippen molar-refractivity contribution < 1.29 is 9.53 Å². The van der Waals surface area contributed by atoms with E-state index < -0.39 is 0 Å². The van der Waals surface area contributed by atoms with Crippen LogP contribution < -0.4 is 10.1 Å². The average Bonchev–Trinajstić information content (AvgIpc) is 3.07. The first-order valence-corrected chi connectivity index (χ1v) is 9.97. The van der Waals surface area contributed by atoms with E-state index in [1.165, 1.54) is 23.1 Å². The molecule has 26 heavy (non-hydrogen) atoms. The number of aromatic nitrogens is 2. The summed E-state index contributed by atoms with van der Waals surface area (Å²) in [6, 6.07) is 15.2. The fourth-order valence-corrected chi connectivity index (χ4v) is 4.14. The highest BCUT2D eigenvalue weighted by atomic mass is 35.5. The maximum absolute atomic E-state index is 12.0. The third kappa shape index (κ3) is 5.45. The Morgan fingerprint density at radius 3 is 2.88 bits per heavy atom. The summed E-state index contributed by atoms with van der Waals surface area (Å²) in [4.78, 5) is 12.0. The van der Waals surface area contributed by atoms with Gasteiger partial charge in [-0.25, -0.2) is 0 Å². The Morgan fingerprint density at radius 1 is 1.23 bits per heavy atom. The zero-order valence-corrected chi connectivity index (χ0v) is 16.3. The second-order valence-corrected chi connectivity index (χ2v) is 8.01. The first-order valence-electron chi connectivity index (χ1n) is 7.79. The van der Waals surface area contributed by atoms with Gasteiger partial charge in [0.2, 0.25) is 5.13 Å². The van der Waals surface area contributed by atoms with Crippen molar-refractivity contribution in [3.05, 3.63) is 64.7 Å². The number of rotatable bonds is 7. The van der Waals surface area contributed by atoms with Crippen LogP contribution in [0.25, 0.3) is 0 Å². The quantitative estimate of drug-likeness (QED) is 0.451. The number of ether oxygens (including phenoxy) is 1. The number of thioether (sulfide) groups is 1. The number of hydrogen-bond donors (Lipinski definition) is 1. The summed E-state index contributed by atoms with van der Waals surface area (Å²) in [6.45, 7) is 1.89. The molecule has 1 amide bonds. The highest BCUT2D eigenvalue weighted by Gasteiger charge is 2.10. The van der Waals surface area contributed by atoms with Crippen LogP contribution in [0.1, 0.15) is 11.1 Å². The molecule has 8 heteroatoms. The summed E-state index contributed by atoms with van der Waals surface area (Å²) in [6.07, 6.45) is 0. The van der Waals surface area contributed by atoms with Crippen LogP contribution in [0.5, 0.6) is 5.75 Å². The fraction of sp³-hybridized carbons (Fsp3) is 0.167. The largest absolute Gasteiger partial charge is 0.484 e. The van der Waals surface area contributed by atoms with Crippen LogP contribution in [-0.2, 0) is 10.5 Å². The average molecular weight is 406 g/mol. The third-order valence-electron chi connectivity index (χ3n) is 3.32. The van der Waals surface area contributed by atoms with Gasteiger partial charge < -0.3 is 4.74 Å². The number of aryl methyl sites for hydroxylation is 1. The number of carbonyl (C=O) groups excluding carboxylic acids is 1. The molecule has 0 atom stereocenters. The lowest BCUT2D eigenvalue weighted by molar-refractivity contribution is -0.118. The molecule has 2 aromatic carbocycles. The van der Waals surface area contributed by atoms with Crippen LogP contribution in [0.2, 0.25) is 5.02 Å². The number of benzene rings is 2. The van der Waals surface area contributed by atoms with E-state index in [4.69, 9.17) is 16.3 Å².